The van der Waals surface area contributed by atoms with Gasteiger partial charge in [0.15, 0.2) is 0 Å². The lowest BCUT2D eigenvalue weighted by Gasteiger charge is -2.07. The molecular weight excluding hydrogens is 376 g/mol. The Labute approximate surface area is 164 Å². The highest BCUT2D eigenvalue weighted by Gasteiger charge is 2.16. The van der Waals surface area contributed by atoms with Gasteiger partial charge in [-0.15, -0.1) is 0 Å². The molecule has 1 heterocycles. The van der Waals surface area contributed by atoms with Gasteiger partial charge in [0.2, 0.25) is 15.9 Å². The topological polar surface area (TPSA) is 107 Å². The normalized spacial score (nSPS) is 11.4. The van der Waals surface area contributed by atoms with E-state index in [4.69, 9.17) is 5.14 Å². The molecule has 0 bridgehead atoms. The Morgan fingerprint density at radius 2 is 1.71 bits per heavy atom. The molecule has 7 nitrogen and oxygen atoms in total. The van der Waals surface area contributed by atoms with Crippen molar-refractivity contribution in [1.29, 1.82) is 0 Å². The van der Waals surface area contributed by atoms with Gasteiger partial charge in [-0.25, -0.2) is 18.2 Å². The predicted octanol–water partition coefficient (Wildman–Crippen LogP) is 2.00. The zero-order chi connectivity index (χ0) is 20.3. The third-order valence-electron chi connectivity index (χ3n) is 4.52. The number of carbonyl (C=O) groups is 1. The average molecular weight is 398 g/mol. The van der Waals surface area contributed by atoms with E-state index < -0.39 is 10.0 Å². The highest BCUT2D eigenvalue weighted by molar-refractivity contribution is 7.89. The fourth-order valence-electron chi connectivity index (χ4n) is 2.97. The summed E-state index contributed by atoms with van der Waals surface area (Å²) in [6, 6.07) is 15.9. The van der Waals surface area contributed by atoms with Crippen LogP contribution in [0.3, 0.4) is 0 Å². The van der Waals surface area contributed by atoms with Crippen molar-refractivity contribution < 1.29 is 13.2 Å². The van der Waals surface area contributed by atoms with Crippen molar-refractivity contribution in [2.75, 3.05) is 0 Å². The van der Waals surface area contributed by atoms with E-state index in [1.807, 2.05) is 48.9 Å². The third-order valence-corrected chi connectivity index (χ3v) is 5.45. The number of para-hydroxylation sites is 1. The first-order valence-electron chi connectivity index (χ1n) is 8.74. The van der Waals surface area contributed by atoms with Crippen molar-refractivity contribution in [2.24, 2.45) is 5.14 Å². The summed E-state index contributed by atoms with van der Waals surface area (Å²) in [5, 5.41) is 12.5. The molecule has 0 spiro atoms. The molecule has 0 saturated heterocycles. The van der Waals surface area contributed by atoms with Crippen LogP contribution in [-0.2, 0) is 27.8 Å². The number of primary sulfonamides is 1. The number of aromatic nitrogens is 2. The molecule has 3 rings (SSSR count). The molecule has 0 atom stereocenters. The van der Waals surface area contributed by atoms with E-state index in [0.29, 0.717) is 6.54 Å². The first-order chi connectivity index (χ1) is 13.3. The number of sulfonamides is 1. The predicted molar refractivity (Wildman–Crippen MR) is 106 cm³/mol. The third kappa shape index (κ3) is 4.47. The van der Waals surface area contributed by atoms with Gasteiger partial charge in [-0.05, 0) is 43.7 Å². The summed E-state index contributed by atoms with van der Waals surface area (Å²) in [4.78, 5) is 12.4. The van der Waals surface area contributed by atoms with E-state index in [0.717, 1.165) is 28.2 Å². The number of nitrogens with two attached hydrogens (primary N) is 1. The second kappa shape index (κ2) is 7.95. The zero-order valence-electron chi connectivity index (χ0n) is 15.7. The Hall–Kier alpha value is -2.97. The van der Waals surface area contributed by atoms with Gasteiger partial charge in [0.1, 0.15) is 0 Å². The summed E-state index contributed by atoms with van der Waals surface area (Å²) in [6.07, 6.45) is 0.222. The molecule has 0 aliphatic heterocycles. The Morgan fingerprint density at radius 1 is 1.07 bits per heavy atom. The minimum Gasteiger partial charge on any atom is -0.352 e. The van der Waals surface area contributed by atoms with Crippen LogP contribution in [0, 0.1) is 13.8 Å². The SMILES string of the molecule is Cc1nn(-c2ccccc2)c(C)c1CC(=O)NCc1ccc(S(N)(=O)=O)cc1. The number of rotatable bonds is 6. The molecule has 1 aromatic heterocycles. The van der Waals surface area contributed by atoms with Crippen LogP contribution in [0.25, 0.3) is 5.69 Å². The maximum absolute atomic E-state index is 12.4. The van der Waals surface area contributed by atoms with Gasteiger partial charge >= 0.3 is 0 Å². The van der Waals surface area contributed by atoms with Gasteiger partial charge in [0.05, 0.1) is 22.7 Å². The Balaban J connectivity index is 1.66. The second-order valence-corrected chi connectivity index (χ2v) is 8.10. The number of hydrogen-bond donors (Lipinski definition) is 2. The molecule has 3 aromatic rings. The van der Waals surface area contributed by atoms with E-state index in [1.54, 1.807) is 12.1 Å². The lowest BCUT2D eigenvalue weighted by molar-refractivity contribution is -0.120. The molecule has 8 heteroatoms. The molecule has 146 valence electrons. The van der Waals surface area contributed by atoms with E-state index in [1.165, 1.54) is 12.1 Å². The van der Waals surface area contributed by atoms with Crippen LogP contribution in [-0.4, -0.2) is 24.1 Å². The van der Waals surface area contributed by atoms with Crippen molar-refractivity contribution in [1.82, 2.24) is 15.1 Å². The number of benzene rings is 2. The second-order valence-electron chi connectivity index (χ2n) is 6.54. The molecule has 3 N–H and O–H groups in total. The van der Waals surface area contributed by atoms with Gasteiger partial charge in [-0.2, -0.15) is 5.10 Å². The lowest BCUT2D eigenvalue weighted by atomic mass is 10.1. The number of hydrogen-bond acceptors (Lipinski definition) is 4. The van der Waals surface area contributed by atoms with Crippen LogP contribution in [0.1, 0.15) is 22.5 Å². The fraction of sp³-hybridized carbons (Fsp3) is 0.200. The Morgan fingerprint density at radius 3 is 2.32 bits per heavy atom. The van der Waals surface area contributed by atoms with Crippen LogP contribution < -0.4 is 10.5 Å². The zero-order valence-corrected chi connectivity index (χ0v) is 16.5. The smallest absolute Gasteiger partial charge is 0.238 e. The number of amides is 1. The van der Waals surface area contributed by atoms with Gasteiger partial charge in [0, 0.05) is 17.8 Å². The van der Waals surface area contributed by atoms with Gasteiger partial charge in [-0.1, -0.05) is 30.3 Å². The first kappa shape index (κ1) is 19.8. The maximum Gasteiger partial charge on any atom is 0.238 e. The average Bonchev–Trinajstić information content (AvgIpc) is 2.95. The Kier molecular flexibility index (Phi) is 5.62. The molecule has 0 unspecified atom stereocenters. The highest BCUT2D eigenvalue weighted by Crippen LogP contribution is 2.18. The number of nitrogens with one attached hydrogen (secondary N) is 1. The fourth-order valence-corrected chi connectivity index (χ4v) is 3.49. The van der Waals surface area contributed by atoms with Crippen LogP contribution in [0.15, 0.2) is 59.5 Å². The summed E-state index contributed by atoms with van der Waals surface area (Å²) in [6.45, 7) is 4.14. The molecular formula is C20H22N4O3S. The summed E-state index contributed by atoms with van der Waals surface area (Å²) >= 11 is 0. The molecule has 28 heavy (non-hydrogen) atoms. The van der Waals surface area contributed by atoms with E-state index in [9.17, 15) is 13.2 Å². The minimum atomic E-state index is -3.72. The van der Waals surface area contributed by atoms with Gasteiger partial charge < -0.3 is 5.32 Å². The molecule has 0 aliphatic carbocycles. The molecule has 0 fully saturated rings. The molecule has 0 aliphatic rings. The van der Waals surface area contributed by atoms with Crippen molar-refractivity contribution in [3.8, 4) is 5.69 Å². The van der Waals surface area contributed by atoms with Crippen molar-refractivity contribution in [3.05, 3.63) is 77.1 Å². The highest BCUT2D eigenvalue weighted by atomic mass is 32.2. The van der Waals surface area contributed by atoms with Crippen LogP contribution >= 0.6 is 0 Å². The quantitative estimate of drug-likeness (QED) is 0.662. The van der Waals surface area contributed by atoms with Crippen LogP contribution in [0.5, 0.6) is 0 Å². The van der Waals surface area contributed by atoms with Gasteiger partial charge in [0.25, 0.3) is 0 Å². The van der Waals surface area contributed by atoms with Crippen molar-refractivity contribution in [3.63, 3.8) is 0 Å². The van der Waals surface area contributed by atoms with Crippen LogP contribution in [0.2, 0.25) is 0 Å². The summed E-state index contributed by atoms with van der Waals surface area (Å²) in [5.41, 5.74) is 4.37. The van der Waals surface area contributed by atoms with E-state index >= 15 is 0 Å². The first-order valence-corrected chi connectivity index (χ1v) is 10.3. The van der Waals surface area contributed by atoms with Crippen LogP contribution in [0.4, 0.5) is 0 Å². The number of nitrogens with zero attached hydrogens (tertiary/aromatic N) is 2. The molecule has 0 saturated carbocycles. The Bertz CT molecular complexity index is 1090. The molecule has 1 amide bonds. The lowest BCUT2D eigenvalue weighted by Crippen LogP contribution is -2.25. The summed E-state index contributed by atoms with van der Waals surface area (Å²) < 4.78 is 24.4. The standard InChI is InChI=1S/C20H22N4O3S/c1-14-19(15(2)24(23-14)17-6-4-3-5-7-17)12-20(25)22-13-16-8-10-18(11-9-16)28(21,26)27/h3-11H,12-13H2,1-2H3,(H,22,25)(H2,21,26,27). The van der Waals surface area contributed by atoms with E-state index in [2.05, 4.69) is 10.4 Å². The molecule has 0 radical (unpaired) electrons. The van der Waals surface area contributed by atoms with Crippen molar-refractivity contribution in [2.45, 2.75) is 31.7 Å². The summed E-state index contributed by atoms with van der Waals surface area (Å²) in [7, 11) is -3.72. The number of carbonyl (C=O) groups excluding carboxylic acids is 1. The van der Waals surface area contributed by atoms with Crippen molar-refractivity contribution >= 4 is 15.9 Å². The van der Waals surface area contributed by atoms with Gasteiger partial charge in [-0.3, -0.25) is 4.79 Å². The van der Waals surface area contributed by atoms with E-state index in [-0.39, 0.29) is 17.2 Å². The largest absolute Gasteiger partial charge is 0.352 e. The minimum absolute atomic E-state index is 0.0437. The maximum atomic E-state index is 12.4. The summed E-state index contributed by atoms with van der Waals surface area (Å²) in [5.74, 6) is -0.130. The monoisotopic (exact) mass is 398 g/mol. The molecule has 2 aromatic carbocycles. The number of aryl methyl sites for hydroxylation is 1.